The Kier molecular flexibility index (Phi) is 6.49. The molecule has 4 fully saturated rings. The second-order valence-corrected chi connectivity index (χ2v) is 11.4. The Bertz CT molecular complexity index is 870. The van der Waals surface area contributed by atoms with Crippen molar-refractivity contribution in [2.45, 2.75) is 78.6 Å². The first-order valence-electron chi connectivity index (χ1n) is 12.4. The largest absolute Gasteiger partial charge is 0.469 e. The molecule has 3 N–H and O–H groups in total. The van der Waals surface area contributed by atoms with Crippen molar-refractivity contribution in [1.29, 1.82) is 0 Å². The van der Waals surface area contributed by atoms with Crippen molar-refractivity contribution >= 4 is 23.1 Å². The second-order valence-electron chi connectivity index (χ2n) is 11.4. The fourth-order valence-electron chi connectivity index (χ4n) is 8.45. The molecular formula is C25H39N3O5. The van der Waals surface area contributed by atoms with Gasteiger partial charge in [-0.1, -0.05) is 36.2 Å². The summed E-state index contributed by atoms with van der Waals surface area (Å²) in [5.74, 6) is 1.27. The lowest BCUT2D eigenvalue weighted by molar-refractivity contribution is -0.141. The van der Waals surface area contributed by atoms with Crippen LogP contribution in [0.15, 0.2) is 15.5 Å². The van der Waals surface area contributed by atoms with E-state index >= 15 is 0 Å². The third-order valence-corrected chi connectivity index (χ3v) is 10.4. The Morgan fingerprint density at radius 1 is 1.09 bits per heavy atom. The molecule has 8 atom stereocenters. The monoisotopic (exact) mass is 461 g/mol. The second kappa shape index (κ2) is 8.91. The number of esters is 1. The molecule has 4 saturated carbocycles. The van der Waals surface area contributed by atoms with Crippen molar-refractivity contribution in [2.75, 3.05) is 7.11 Å². The first-order valence-corrected chi connectivity index (χ1v) is 12.4. The van der Waals surface area contributed by atoms with Gasteiger partial charge in [-0.2, -0.15) is 0 Å². The van der Waals surface area contributed by atoms with Crippen molar-refractivity contribution in [1.82, 2.24) is 0 Å². The van der Waals surface area contributed by atoms with E-state index in [-0.39, 0.29) is 46.4 Å². The minimum absolute atomic E-state index is 0.0128. The highest BCUT2D eigenvalue weighted by atomic mass is 16.5. The fourth-order valence-corrected chi connectivity index (χ4v) is 8.45. The summed E-state index contributed by atoms with van der Waals surface area (Å²) in [5.41, 5.74) is 2.26. The van der Waals surface area contributed by atoms with E-state index in [4.69, 9.17) is 4.74 Å². The van der Waals surface area contributed by atoms with E-state index in [1.165, 1.54) is 7.11 Å². The van der Waals surface area contributed by atoms with Gasteiger partial charge in [0.2, 0.25) is 0 Å². The third-order valence-electron chi connectivity index (χ3n) is 10.4. The zero-order chi connectivity index (χ0) is 24.0. The van der Waals surface area contributed by atoms with Crippen molar-refractivity contribution in [2.24, 2.45) is 61.8 Å². The third kappa shape index (κ3) is 3.64. The Hall–Kier alpha value is -2.12. The molecule has 0 amide bonds. The zero-order valence-corrected chi connectivity index (χ0v) is 20.3. The smallest absolute Gasteiger partial charge is 0.305 e. The Morgan fingerprint density at radius 3 is 2.48 bits per heavy atom. The van der Waals surface area contributed by atoms with Crippen LogP contribution in [-0.2, 0) is 9.53 Å². The molecule has 0 unspecified atom stereocenters. The SMILES string of the molecule is COC(=O)CC[C@@H](C)[C@H]1CC[C@H]2[C@@H]3C(=NO)C[C@@H]4C/C(=N\O)CC[C@]4(C)[C@H]3C/C(=N/O)[C@]12C. The average Bonchev–Trinajstić information content (AvgIpc) is 3.18. The number of methoxy groups -OCH3 is 1. The first-order chi connectivity index (χ1) is 15.7. The quantitative estimate of drug-likeness (QED) is 0.311. The zero-order valence-electron chi connectivity index (χ0n) is 20.3. The standard InChI is InChI=1S/C25H39N3O5/c1-14(5-8-22(29)33-4)17-6-7-18-23-19(13-21(28-32)25(17,18)3)24(2)10-9-16(26-30)11-15(24)12-20(23)27-31/h14-15,17-19,23,30-32H,5-13H2,1-4H3/b26-16-,27-20?,28-21-/t14-,15+,17-,18+,19+,23+,24+,25-/m1/s1. The van der Waals surface area contributed by atoms with E-state index in [0.717, 1.165) is 55.7 Å². The molecule has 0 aromatic rings. The molecule has 184 valence electrons. The molecule has 0 heterocycles. The summed E-state index contributed by atoms with van der Waals surface area (Å²) in [7, 11) is 1.42. The molecule has 0 bridgehead atoms. The van der Waals surface area contributed by atoms with Crippen LogP contribution in [0.3, 0.4) is 0 Å². The van der Waals surface area contributed by atoms with Gasteiger partial charge in [0.1, 0.15) is 0 Å². The van der Waals surface area contributed by atoms with E-state index in [1.54, 1.807) is 0 Å². The highest BCUT2D eigenvalue weighted by Crippen LogP contribution is 2.66. The number of oxime groups is 3. The van der Waals surface area contributed by atoms with Crippen LogP contribution in [0.4, 0.5) is 0 Å². The molecule has 4 aliphatic carbocycles. The topological polar surface area (TPSA) is 124 Å². The maximum absolute atomic E-state index is 11.7. The van der Waals surface area contributed by atoms with Crippen LogP contribution in [0.25, 0.3) is 0 Å². The fraction of sp³-hybridized carbons (Fsp3) is 0.840. The average molecular weight is 462 g/mol. The van der Waals surface area contributed by atoms with Gasteiger partial charge in [0.15, 0.2) is 0 Å². The molecule has 0 saturated heterocycles. The molecule has 4 rings (SSSR count). The van der Waals surface area contributed by atoms with Crippen molar-refractivity contribution < 1.29 is 25.2 Å². The Balaban J connectivity index is 1.67. The van der Waals surface area contributed by atoms with Crippen LogP contribution in [0.1, 0.15) is 78.6 Å². The van der Waals surface area contributed by atoms with Crippen LogP contribution in [0.5, 0.6) is 0 Å². The van der Waals surface area contributed by atoms with Crippen LogP contribution in [0, 0.1) is 46.3 Å². The van der Waals surface area contributed by atoms with Gasteiger partial charge in [-0.25, -0.2) is 0 Å². The highest BCUT2D eigenvalue weighted by molar-refractivity contribution is 5.97. The number of carbonyl (C=O) groups excluding carboxylic acids is 1. The number of rotatable bonds is 4. The maximum Gasteiger partial charge on any atom is 0.305 e. The van der Waals surface area contributed by atoms with Gasteiger partial charge in [0, 0.05) is 17.8 Å². The molecule has 0 aliphatic heterocycles. The molecular weight excluding hydrogens is 422 g/mol. The minimum atomic E-state index is -0.295. The highest BCUT2D eigenvalue weighted by Gasteiger charge is 2.65. The summed E-state index contributed by atoms with van der Waals surface area (Å²) in [5, 5.41) is 40.9. The number of hydrogen-bond donors (Lipinski definition) is 3. The lowest BCUT2D eigenvalue weighted by Gasteiger charge is -2.60. The van der Waals surface area contributed by atoms with Gasteiger partial charge in [-0.05, 0) is 86.4 Å². The molecule has 8 nitrogen and oxygen atoms in total. The van der Waals surface area contributed by atoms with Crippen LogP contribution in [-0.4, -0.2) is 45.8 Å². The van der Waals surface area contributed by atoms with Crippen LogP contribution in [0.2, 0.25) is 0 Å². The van der Waals surface area contributed by atoms with Gasteiger partial charge in [-0.3, -0.25) is 4.79 Å². The molecule has 8 heteroatoms. The van der Waals surface area contributed by atoms with Gasteiger partial charge in [-0.15, -0.1) is 0 Å². The number of hydrogen-bond acceptors (Lipinski definition) is 8. The number of nitrogens with zero attached hydrogens (tertiary/aromatic N) is 3. The molecule has 0 spiro atoms. The molecule has 4 aliphatic rings. The summed E-state index contributed by atoms with van der Waals surface area (Å²) < 4.78 is 4.84. The van der Waals surface area contributed by atoms with Gasteiger partial charge in [0.25, 0.3) is 0 Å². The summed E-state index contributed by atoms with van der Waals surface area (Å²) in [6.07, 6.45) is 6.97. The molecule has 33 heavy (non-hydrogen) atoms. The Morgan fingerprint density at radius 2 is 1.85 bits per heavy atom. The first kappa shape index (κ1) is 24.0. The number of fused-ring (bicyclic) bond motifs is 5. The van der Waals surface area contributed by atoms with Crippen LogP contribution >= 0.6 is 0 Å². The summed E-state index contributed by atoms with van der Waals surface area (Å²) in [6.45, 7) is 6.76. The van der Waals surface area contributed by atoms with E-state index in [1.807, 2.05) is 0 Å². The minimum Gasteiger partial charge on any atom is -0.469 e. The van der Waals surface area contributed by atoms with E-state index in [0.29, 0.717) is 25.2 Å². The molecule has 0 aromatic carbocycles. The van der Waals surface area contributed by atoms with Gasteiger partial charge in [0.05, 0.1) is 24.2 Å². The Labute approximate surface area is 196 Å². The van der Waals surface area contributed by atoms with Crippen molar-refractivity contribution in [3.05, 3.63) is 0 Å². The van der Waals surface area contributed by atoms with Crippen LogP contribution < -0.4 is 0 Å². The van der Waals surface area contributed by atoms with Crippen molar-refractivity contribution in [3.63, 3.8) is 0 Å². The summed E-state index contributed by atoms with van der Waals surface area (Å²) in [4.78, 5) is 11.7. The maximum atomic E-state index is 11.7. The predicted molar refractivity (Wildman–Crippen MR) is 124 cm³/mol. The van der Waals surface area contributed by atoms with Crippen molar-refractivity contribution in [3.8, 4) is 0 Å². The lowest BCUT2D eigenvalue weighted by atomic mass is 9.43. The molecule has 0 aromatic heterocycles. The number of ether oxygens (including phenoxy) is 1. The molecule has 0 radical (unpaired) electrons. The van der Waals surface area contributed by atoms with Gasteiger partial charge >= 0.3 is 5.97 Å². The summed E-state index contributed by atoms with van der Waals surface area (Å²) in [6, 6.07) is 0. The van der Waals surface area contributed by atoms with Gasteiger partial charge < -0.3 is 20.4 Å². The lowest BCUT2D eigenvalue weighted by Crippen LogP contribution is -2.60. The van der Waals surface area contributed by atoms with E-state index in [9.17, 15) is 20.4 Å². The predicted octanol–water partition coefficient (Wildman–Crippen LogP) is 4.95. The summed E-state index contributed by atoms with van der Waals surface area (Å²) >= 11 is 0. The normalized spacial score (nSPS) is 44.8. The number of carbonyl (C=O) groups is 1. The van der Waals surface area contributed by atoms with E-state index < -0.39 is 0 Å². The van der Waals surface area contributed by atoms with E-state index in [2.05, 4.69) is 36.2 Å².